The zero-order chi connectivity index (χ0) is 15.4. The van der Waals surface area contributed by atoms with E-state index in [1.165, 1.54) is 12.1 Å². The molecule has 2 aromatic rings. The van der Waals surface area contributed by atoms with Crippen LogP contribution in [0.4, 0.5) is 4.39 Å². The number of hydrogen-bond donors (Lipinski definition) is 1. The van der Waals surface area contributed by atoms with E-state index in [-0.39, 0.29) is 5.82 Å². The molecule has 0 unspecified atom stereocenters. The normalized spacial score (nSPS) is 11.0. The molecule has 21 heavy (non-hydrogen) atoms. The molecule has 1 aromatic heterocycles. The van der Waals surface area contributed by atoms with Crippen LogP contribution < -0.4 is 10.1 Å². The zero-order valence-corrected chi connectivity index (χ0v) is 13.9. The highest BCUT2D eigenvalue weighted by Crippen LogP contribution is 2.25. The van der Waals surface area contributed by atoms with Gasteiger partial charge >= 0.3 is 0 Å². The number of rotatable bonds is 5. The fraction of sp³-hybridized carbons (Fsp3) is 0.312. The second kappa shape index (κ2) is 7.00. The van der Waals surface area contributed by atoms with Gasteiger partial charge in [0.05, 0.1) is 0 Å². The minimum absolute atomic E-state index is 0.353. The number of hydrogen-bond acceptors (Lipinski definition) is 3. The third kappa shape index (κ3) is 5.10. The Bertz CT molecular complexity index is 611. The Hall–Kier alpha value is -1.46. The molecule has 0 radical (unpaired) electrons. The van der Waals surface area contributed by atoms with E-state index in [2.05, 4.69) is 40.1 Å². The maximum absolute atomic E-state index is 13.4. The van der Waals surface area contributed by atoms with Gasteiger partial charge in [-0.2, -0.15) is 0 Å². The molecule has 5 heteroatoms. The van der Waals surface area contributed by atoms with Gasteiger partial charge in [-0.1, -0.05) is 29.8 Å². The number of nitrogens with one attached hydrogen (secondary N) is 1. The SMILES string of the molecule is Cc1cc(CNC(C)C)cc(Oc2cc(F)cc(Br)c2)n1. The second-order valence-electron chi connectivity index (χ2n) is 5.20. The quantitative estimate of drug-likeness (QED) is 0.854. The Morgan fingerprint density at radius 2 is 2.00 bits per heavy atom. The van der Waals surface area contributed by atoms with Crippen LogP contribution in [-0.2, 0) is 6.54 Å². The minimum atomic E-state index is -0.353. The summed E-state index contributed by atoms with van der Waals surface area (Å²) in [5, 5.41) is 3.35. The van der Waals surface area contributed by atoms with Crippen molar-refractivity contribution in [1.82, 2.24) is 10.3 Å². The Kier molecular flexibility index (Phi) is 5.31. The average Bonchev–Trinajstić information content (AvgIpc) is 2.34. The first-order valence-corrected chi connectivity index (χ1v) is 7.56. The lowest BCUT2D eigenvalue weighted by molar-refractivity contribution is 0.455. The fourth-order valence-electron chi connectivity index (χ4n) is 1.89. The van der Waals surface area contributed by atoms with Gasteiger partial charge in [0.2, 0.25) is 5.88 Å². The van der Waals surface area contributed by atoms with Gasteiger partial charge in [-0.3, -0.25) is 0 Å². The molecule has 0 saturated carbocycles. The van der Waals surface area contributed by atoms with E-state index in [0.29, 0.717) is 22.1 Å². The van der Waals surface area contributed by atoms with Crippen molar-refractivity contribution >= 4 is 15.9 Å². The topological polar surface area (TPSA) is 34.1 Å². The molecule has 0 bridgehead atoms. The lowest BCUT2D eigenvalue weighted by atomic mass is 10.2. The van der Waals surface area contributed by atoms with E-state index >= 15 is 0 Å². The van der Waals surface area contributed by atoms with Crippen molar-refractivity contribution in [3.8, 4) is 11.6 Å². The summed E-state index contributed by atoms with van der Waals surface area (Å²) in [4.78, 5) is 4.33. The Morgan fingerprint density at radius 1 is 1.24 bits per heavy atom. The summed E-state index contributed by atoms with van der Waals surface area (Å²) in [6, 6.07) is 8.70. The maximum Gasteiger partial charge on any atom is 0.219 e. The molecule has 0 aliphatic heterocycles. The summed E-state index contributed by atoms with van der Waals surface area (Å²) >= 11 is 3.25. The summed E-state index contributed by atoms with van der Waals surface area (Å²) in [5.74, 6) is 0.532. The summed E-state index contributed by atoms with van der Waals surface area (Å²) in [5.41, 5.74) is 1.95. The zero-order valence-electron chi connectivity index (χ0n) is 12.3. The number of ether oxygens (including phenoxy) is 1. The number of aryl methyl sites for hydroxylation is 1. The summed E-state index contributed by atoms with van der Waals surface area (Å²) < 4.78 is 19.6. The molecule has 0 atom stereocenters. The number of halogens is 2. The van der Waals surface area contributed by atoms with Crippen molar-refractivity contribution in [1.29, 1.82) is 0 Å². The molecule has 0 aliphatic carbocycles. The highest BCUT2D eigenvalue weighted by molar-refractivity contribution is 9.10. The standard InChI is InChI=1S/C16H18BrFN2O/c1-10(2)19-9-12-4-11(3)20-16(5-12)21-15-7-13(17)6-14(18)8-15/h4-8,10,19H,9H2,1-3H3. The highest BCUT2D eigenvalue weighted by Gasteiger charge is 2.06. The van der Waals surface area contributed by atoms with Gasteiger partial charge in [0, 0.05) is 34.9 Å². The van der Waals surface area contributed by atoms with E-state index < -0.39 is 0 Å². The van der Waals surface area contributed by atoms with Crippen LogP contribution in [0.5, 0.6) is 11.6 Å². The smallest absolute Gasteiger partial charge is 0.219 e. The molecule has 3 nitrogen and oxygen atoms in total. The van der Waals surface area contributed by atoms with Crippen molar-refractivity contribution in [2.45, 2.75) is 33.4 Å². The first-order chi connectivity index (χ1) is 9.92. The molecule has 0 amide bonds. The van der Waals surface area contributed by atoms with Crippen molar-refractivity contribution in [3.05, 3.63) is 51.9 Å². The van der Waals surface area contributed by atoms with Crippen molar-refractivity contribution in [2.24, 2.45) is 0 Å². The monoisotopic (exact) mass is 352 g/mol. The molecule has 0 aliphatic rings. The molecular formula is C16H18BrFN2O. The van der Waals surface area contributed by atoms with Gasteiger partial charge in [0.15, 0.2) is 0 Å². The molecule has 0 fully saturated rings. The van der Waals surface area contributed by atoms with Crippen molar-refractivity contribution in [3.63, 3.8) is 0 Å². The van der Waals surface area contributed by atoms with E-state index in [1.54, 1.807) is 6.07 Å². The number of nitrogens with zero attached hydrogens (tertiary/aromatic N) is 1. The van der Waals surface area contributed by atoms with Crippen LogP contribution in [0.3, 0.4) is 0 Å². The van der Waals surface area contributed by atoms with E-state index in [1.807, 2.05) is 19.1 Å². The van der Waals surface area contributed by atoms with Crippen LogP contribution in [0.15, 0.2) is 34.8 Å². The Morgan fingerprint density at radius 3 is 2.67 bits per heavy atom. The first-order valence-electron chi connectivity index (χ1n) is 6.77. The van der Waals surface area contributed by atoms with E-state index in [0.717, 1.165) is 17.8 Å². The third-order valence-corrected chi connectivity index (χ3v) is 3.22. The van der Waals surface area contributed by atoms with Crippen LogP contribution in [0.1, 0.15) is 25.1 Å². The third-order valence-electron chi connectivity index (χ3n) is 2.76. The van der Waals surface area contributed by atoms with Gasteiger partial charge in [-0.05, 0) is 30.7 Å². The van der Waals surface area contributed by atoms with Gasteiger partial charge in [-0.15, -0.1) is 0 Å². The lowest BCUT2D eigenvalue weighted by Gasteiger charge is -2.11. The van der Waals surface area contributed by atoms with Crippen molar-refractivity contribution in [2.75, 3.05) is 0 Å². The maximum atomic E-state index is 13.4. The molecule has 1 aromatic carbocycles. The van der Waals surface area contributed by atoms with Gasteiger partial charge in [-0.25, -0.2) is 9.37 Å². The number of pyridine rings is 1. The lowest BCUT2D eigenvalue weighted by Crippen LogP contribution is -2.21. The molecule has 0 spiro atoms. The molecule has 1 N–H and O–H groups in total. The van der Waals surface area contributed by atoms with Crippen LogP contribution in [0, 0.1) is 12.7 Å². The summed E-state index contributed by atoms with van der Waals surface area (Å²) in [7, 11) is 0. The van der Waals surface area contributed by atoms with Crippen LogP contribution >= 0.6 is 15.9 Å². The second-order valence-corrected chi connectivity index (χ2v) is 6.11. The first kappa shape index (κ1) is 15.9. The average molecular weight is 353 g/mol. The van der Waals surface area contributed by atoms with E-state index in [4.69, 9.17) is 4.74 Å². The molecular weight excluding hydrogens is 335 g/mol. The van der Waals surface area contributed by atoms with Gasteiger partial charge in [0.1, 0.15) is 11.6 Å². The largest absolute Gasteiger partial charge is 0.439 e. The number of benzene rings is 1. The molecule has 1 heterocycles. The van der Waals surface area contributed by atoms with Crippen LogP contribution in [0.25, 0.3) is 0 Å². The summed E-state index contributed by atoms with van der Waals surface area (Å²) in [6.07, 6.45) is 0. The van der Waals surface area contributed by atoms with Gasteiger partial charge in [0.25, 0.3) is 0 Å². The molecule has 112 valence electrons. The predicted octanol–water partition coefficient (Wildman–Crippen LogP) is 4.58. The predicted molar refractivity (Wildman–Crippen MR) is 85.1 cm³/mol. The van der Waals surface area contributed by atoms with Gasteiger partial charge < -0.3 is 10.1 Å². The Labute approximate surface area is 132 Å². The Balaban J connectivity index is 2.19. The highest BCUT2D eigenvalue weighted by atomic mass is 79.9. The van der Waals surface area contributed by atoms with Crippen molar-refractivity contribution < 1.29 is 9.13 Å². The molecule has 0 saturated heterocycles. The van der Waals surface area contributed by atoms with Crippen LogP contribution in [0.2, 0.25) is 0 Å². The minimum Gasteiger partial charge on any atom is -0.439 e. The van der Waals surface area contributed by atoms with Crippen LogP contribution in [-0.4, -0.2) is 11.0 Å². The summed E-state index contributed by atoms with van der Waals surface area (Å²) in [6.45, 7) is 6.84. The van der Waals surface area contributed by atoms with E-state index in [9.17, 15) is 4.39 Å². The molecule has 2 rings (SSSR count). The fourth-order valence-corrected chi connectivity index (χ4v) is 2.34. The number of aromatic nitrogens is 1.